The van der Waals surface area contributed by atoms with E-state index in [-0.39, 0.29) is 43.8 Å². The molecule has 2 aromatic rings. The van der Waals surface area contributed by atoms with Crippen LogP contribution in [0.25, 0.3) is 12.2 Å². The number of hydrogen-bond acceptors (Lipinski definition) is 9. The molecule has 1 heterocycles. The summed E-state index contributed by atoms with van der Waals surface area (Å²) in [5, 5.41) is 3.07. The number of nitrogens with zero attached hydrogens (tertiary/aromatic N) is 2. The molecule has 2 aromatic carbocycles. The number of esters is 2. The van der Waals surface area contributed by atoms with Crippen molar-refractivity contribution in [3.8, 4) is 0 Å². The minimum atomic E-state index is -4.40. The first-order valence-corrected chi connectivity index (χ1v) is 31.0. The molecular formula is C61H101N3O10P+. The molecule has 0 saturated heterocycles. The van der Waals surface area contributed by atoms with Crippen LogP contribution >= 0.6 is 7.82 Å². The van der Waals surface area contributed by atoms with Gasteiger partial charge < -0.3 is 29.1 Å². The first kappa shape index (κ1) is 65.4. The fourth-order valence-corrected chi connectivity index (χ4v) is 10.0. The minimum absolute atomic E-state index is 0.0162. The summed E-state index contributed by atoms with van der Waals surface area (Å²) in [7, 11) is 1.43. The lowest BCUT2D eigenvalue weighted by atomic mass is 10.0. The molecule has 0 spiro atoms. The van der Waals surface area contributed by atoms with Crippen molar-refractivity contribution in [2.24, 2.45) is 0 Å². The van der Waals surface area contributed by atoms with E-state index in [9.17, 15) is 28.6 Å². The van der Waals surface area contributed by atoms with Crippen LogP contribution in [0.2, 0.25) is 0 Å². The molecule has 0 aliphatic carbocycles. The van der Waals surface area contributed by atoms with Crippen LogP contribution < -0.4 is 10.2 Å². The molecule has 0 radical (unpaired) electrons. The number of hydrogen-bond donors (Lipinski definition) is 2. The van der Waals surface area contributed by atoms with Crippen molar-refractivity contribution in [2.75, 3.05) is 59.0 Å². The molecule has 0 aromatic heterocycles. The van der Waals surface area contributed by atoms with E-state index in [1.165, 1.54) is 109 Å². The summed E-state index contributed by atoms with van der Waals surface area (Å²) < 4.78 is 34.5. The number of phosphoric acid groups is 1. The second-order valence-corrected chi connectivity index (χ2v) is 23.3. The van der Waals surface area contributed by atoms with Crippen molar-refractivity contribution in [1.82, 2.24) is 5.32 Å². The Balaban J connectivity index is 1.16. The van der Waals surface area contributed by atoms with Crippen molar-refractivity contribution >= 4 is 49.4 Å². The highest BCUT2D eigenvalue weighted by molar-refractivity contribution is 7.47. The van der Waals surface area contributed by atoms with Crippen molar-refractivity contribution in [3.63, 3.8) is 0 Å². The van der Waals surface area contributed by atoms with Crippen molar-refractivity contribution < 1.29 is 51.6 Å². The fourth-order valence-electron chi connectivity index (χ4n) is 9.28. The third-order valence-corrected chi connectivity index (χ3v) is 14.9. The van der Waals surface area contributed by atoms with Gasteiger partial charge in [0.1, 0.15) is 19.8 Å². The summed E-state index contributed by atoms with van der Waals surface area (Å²) >= 11 is 0. The number of para-hydroxylation sites is 1. The van der Waals surface area contributed by atoms with Crippen LogP contribution in [-0.2, 0) is 48.8 Å². The van der Waals surface area contributed by atoms with E-state index < -0.39 is 26.5 Å². The average Bonchev–Trinajstić information content (AvgIpc) is 3.37. The Morgan fingerprint density at radius 1 is 0.587 bits per heavy atom. The molecule has 13 nitrogen and oxygen atoms in total. The second-order valence-electron chi connectivity index (χ2n) is 21.9. The maximum atomic E-state index is 13.5. The third-order valence-electron chi connectivity index (χ3n) is 13.9. The van der Waals surface area contributed by atoms with Crippen LogP contribution in [0.15, 0.2) is 48.5 Å². The number of amides is 2. The molecular weight excluding hydrogens is 966 g/mol. The SMILES string of the molecule is CCCCCCCCCCCCCCCC(=O)OCC(COP(=O)(O)OCC[N+](C)(C)C)OC(=O)CCCCCCCCCCCCCCCNC(=O)CCCCC(=O)N1Cc2ccccc2/C=C\c2ccccc21. The number of rotatable bonds is 45. The number of phosphoric ester groups is 1. The van der Waals surface area contributed by atoms with E-state index in [0.717, 1.165) is 73.7 Å². The zero-order valence-electron chi connectivity index (χ0n) is 47.2. The van der Waals surface area contributed by atoms with Crippen molar-refractivity contribution in [1.29, 1.82) is 0 Å². The minimum Gasteiger partial charge on any atom is -0.462 e. The average molecular weight is 1070 g/mol. The zero-order valence-corrected chi connectivity index (χ0v) is 48.1. The van der Waals surface area contributed by atoms with Gasteiger partial charge in [-0.2, -0.15) is 0 Å². The predicted molar refractivity (Wildman–Crippen MR) is 305 cm³/mol. The van der Waals surface area contributed by atoms with Crippen LogP contribution in [0.4, 0.5) is 5.69 Å². The summed E-state index contributed by atoms with van der Waals surface area (Å²) in [5.74, 6) is -0.688. The Hall–Kier alpha value is -3.87. The molecule has 0 saturated carbocycles. The van der Waals surface area contributed by atoms with Crippen LogP contribution in [0.3, 0.4) is 0 Å². The Bertz CT molecular complexity index is 1950. The summed E-state index contributed by atoms with van der Waals surface area (Å²) in [6, 6.07) is 16.2. The molecule has 424 valence electrons. The Labute approximate surface area is 453 Å². The molecule has 1 aliphatic rings. The van der Waals surface area contributed by atoms with E-state index in [0.29, 0.717) is 56.2 Å². The van der Waals surface area contributed by atoms with Gasteiger partial charge >= 0.3 is 19.8 Å². The Morgan fingerprint density at radius 3 is 1.65 bits per heavy atom. The van der Waals surface area contributed by atoms with Gasteiger partial charge in [0.25, 0.3) is 0 Å². The first-order valence-electron chi connectivity index (χ1n) is 29.5. The summed E-state index contributed by atoms with van der Waals surface area (Å²) in [6.45, 7) is 3.32. The molecule has 2 atom stereocenters. The maximum absolute atomic E-state index is 13.5. The number of carbonyl (C=O) groups excluding carboxylic acids is 4. The molecule has 2 unspecified atom stereocenters. The number of ether oxygens (including phenoxy) is 2. The second kappa shape index (κ2) is 40.4. The monoisotopic (exact) mass is 1070 g/mol. The quantitative estimate of drug-likeness (QED) is 0.0283. The smallest absolute Gasteiger partial charge is 0.462 e. The van der Waals surface area contributed by atoms with Crippen LogP contribution in [0.5, 0.6) is 0 Å². The number of fused-ring (bicyclic) bond motifs is 2. The topological polar surface area (TPSA) is 158 Å². The number of anilines is 1. The normalized spacial score (nSPS) is 14.0. The predicted octanol–water partition coefficient (Wildman–Crippen LogP) is 14.6. The van der Waals surface area contributed by atoms with Gasteiger partial charge in [-0.15, -0.1) is 0 Å². The van der Waals surface area contributed by atoms with Gasteiger partial charge in [-0.3, -0.25) is 28.2 Å². The Morgan fingerprint density at radius 2 is 1.07 bits per heavy atom. The first-order chi connectivity index (χ1) is 36.3. The largest absolute Gasteiger partial charge is 0.472 e. The van der Waals surface area contributed by atoms with E-state index in [4.69, 9.17) is 18.5 Å². The van der Waals surface area contributed by atoms with Gasteiger partial charge in [0, 0.05) is 32.2 Å². The van der Waals surface area contributed by atoms with E-state index in [1.807, 2.05) is 62.4 Å². The highest BCUT2D eigenvalue weighted by Crippen LogP contribution is 2.43. The molecule has 2 N–H and O–H groups in total. The number of quaternary nitrogens is 1. The van der Waals surface area contributed by atoms with Crippen molar-refractivity contribution in [3.05, 3.63) is 65.2 Å². The van der Waals surface area contributed by atoms with Gasteiger partial charge in [0.15, 0.2) is 6.10 Å². The van der Waals surface area contributed by atoms with E-state index in [1.54, 1.807) is 0 Å². The fraction of sp³-hybridized carbons (Fsp3) is 0.705. The van der Waals surface area contributed by atoms with Gasteiger partial charge in [0.05, 0.1) is 40.0 Å². The van der Waals surface area contributed by atoms with Crippen LogP contribution in [0.1, 0.15) is 229 Å². The summed E-state index contributed by atoms with van der Waals surface area (Å²) in [6.07, 6.45) is 35.9. The number of unbranched alkanes of at least 4 members (excludes halogenated alkanes) is 25. The highest BCUT2D eigenvalue weighted by Gasteiger charge is 2.27. The van der Waals surface area contributed by atoms with Crippen molar-refractivity contribution in [2.45, 2.75) is 225 Å². The Kier molecular flexibility index (Phi) is 35.2. The number of benzene rings is 2. The number of likely N-dealkylation sites (N-methyl/N-ethyl adjacent to an activating group) is 1. The third kappa shape index (κ3) is 33.1. The number of carbonyl (C=O) groups is 4. The summed E-state index contributed by atoms with van der Waals surface area (Å²) in [4.78, 5) is 63.5. The van der Waals surface area contributed by atoms with Gasteiger partial charge in [-0.1, -0.05) is 209 Å². The molecule has 75 heavy (non-hydrogen) atoms. The molecule has 3 rings (SSSR count). The lowest BCUT2D eigenvalue weighted by Gasteiger charge is -2.27. The highest BCUT2D eigenvalue weighted by atomic mass is 31.2. The molecule has 2 amide bonds. The van der Waals surface area contributed by atoms with Gasteiger partial charge in [-0.25, -0.2) is 4.57 Å². The number of nitrogens with one attached hydrogen (secondary N) is 1. The maximum Gasteiger partial charge on any atom is 0.472 e. The standard InChI is InChI=1S/C61H100N3O10P/c1-5-6-7-8-9-10-11-13-16-19-22-25-28-43-60(67)71-51-56(52-73-75(69,70)72-49-48-64(2,3)4)74-61(68)44-29-26-23-20-17-14-12-15-18-21-24-27-36-47-62-58(65)41-34-35-42-59(66)63-50-55-39-31-30-37-53(55)45-46-54-38-32-33-40-57(54)63/h30-33,37-40,45-46,56H,5-29,34-36,41-44,47-52H2,1-4H3,(H-,62,65,69,70)/p+1/b46-45-. The van der Waals surface area contributed by atoms with Crippen LogP contribution in [-0.4, -0.2) is 93.3 Å². The van der Waals surface area contributed by atoms with Gasteiger partial charge in [-0.05, 0) is 54.9 Å². The van der Waals surface area contributed by atoms with E-state index in [2.05, 4.69) is 36.5 Å². The van der Waals surface area contributed by atoms with Crippen LogP contribution in [0, 0.1) is 0 Å². The summed E-state index contributed by atoms with van der Waals surface area (Å²) in [5.41, 5.74) is 4.19. The zero-order chi connectivity index (χ0) is 54.3. The van der Waals surface area contributed by atoms with E-state index >= 15 is 0 Å². The van der Waals surface area contributed by atoms with Gasteiger partial charge in [0.2, 0.25) is 11.8 Å². The molecule has 0 bridgehead atoms. The molecule has 0 fully saturated rings. The molecule has 14 heteroatoms. The lowest BCUT2D eigenvalue weighted by Crippen LogP contribution is -2.37. The lowest BCUT2D eigenvalue weighted by molar-refractivity contribution is -0.870. The molecule has 1 aliphatic heterocycles.